The number of nitrogens with one attached hydrogen (secondary N) is 1. The van der Waals surface area contributed by atoms with E-state index in [2.05, 4.69) is 4.98 Å². The maximum absolute atomic E-state index is 10.5. The number of hydrogen-bond acceptors (Lipinski definition) is 5. The van der Waals surface area contributed by atoms with Gasteiger partial charge in [-0.25, -0.2) is 4.98 Å². The lowest BCUT2D eigenvalue weighted by molar-refractivity contribution is 0.340. The van der Waals surface area contributed by atoms with E-state index >= 15 is 0 Å². The molecule has 1 aliphatic heterocycles. The summed E-state index contributed by atoms with van der Waals surface area (Å²) in [5.41, 5.74) is 3.00. The van der Waals surface area contributed by atoms with Gasteiger partial charge in [0.1, 0.15) is 22.4 Å². The molecule has 7 heteroatoms. The number of rotatable bonds is 5. The van der Waals surface area contributed by atoms with Crippen molar-refractivity contribution in [3.63, 3.8) is 0 Å². The van der Waals surface area contributed by atoms with Gasteiger partial charge in [-0.05, 0) is 31.2 Å². The summed E-state index contributed by atoms with van der Waals surface area (Å²) in [5, 5.41) is 22.4. The fourth-order valence-corrected chi connectivity index (χ4v) is 4.10. The quantitative estimate of drug-likeness (QED) is 0.570. The van der Waals surface area contributed by atoms with Crippen molar-refractivity contribution < 1.29 is 9.84 Å². The first-order valence-corrected chi connectivity index (χ1v) is 10.1. The number of aliphatic hydroxyl groups is 1. The molecule has 0 fully saturated rings. The number of aliphatic hydroxyl groups excluding tert-OH is 1. The molecule has 142 valence electrons. The third-order valence-corrected chi connectivity index (χ3v) is 5.51. The van der Waals surface area contributed by atoms with Crippen molar-refractivity contribution in [1.82, 2.24) is 4.98 Å². The van der Waals surface area contributed by atoms with Crippen LogP contribution in [0.15, 0.2) is 59.7 Å². The highest BCUT2D eigenvalue weighted by molar-refractivity contribution is 7.11. The standard InChI is InChI=1S/C21H18ClN3O2S/c1-2-27-16-5-3-4-15(10-16)25-11-18(26)19(20(25)23)21-24-17(12-28-21)13-6-8-14(22)9-7-13/h3-10,12,23,26H,2,11H2,1H3. The fourth-order valence-electron chi connectivity index (χ4n) is 3.07. The number of nitrogens with zero attached hydrogens (tertiary/aromatic N) is 2. The smallest absolute Gasteiger partial charge is 0.139 e. The molecular formula is C21H18ClN3O2S. The maximum Gasteiger partial charge on any atom is 0.139 e. The number of halogens is 1. The van der Waals surface area contributed by atoms with Gasteiger partial charge in [0.05, 0.1) is 24.4 Å². The molecule has 0 saturated heterocycles. The first-order chi connectivity index (χ1) is 13.6. The molecule has 0 aliphatic carbocycles. The summed E-state index contributed by atoms with van der Waals surface area (Å²) in [6, 6.07) is 15.0. The zero-order valence-electron chi connectivity index (χ0n) is 15.1. The lowest BCUT2D eigenvalue weighted by atomic mass is 10.2. The molecule has 5 nitrogen and oxygen atoms in total. The van der Waals surface area contributed by atoms with Gasteiger partial charge in [0, 0.05) is 27.7 Å². The first-order valence-electron chi connectivity index (χ1n) is 8.80. The zero-order chi connectivity index (χ0) is 19.7. The van der Waals surface area contributed by atoms with Crippen LogP contribution in [-0.2, 0) is 0 Å². The molecule has 0 unspecified atom stereocenters. The van der Waals surface area contributed by atoms with E-state index < -0.39 is 0 Å². The SMILES string of the molecule is CCOc1cccc(N2CC(O)=C(c3nc(-c4ccc(Cl)cc4)cs3)C2=N)c1. The number of anilines is 1. The predicted molar refractivity (Wildman–Crippen MR) is 115 cm³/mol. The van der Waals surface area contributed by atoms with Gasteiger partial charge in [0.15, 0.2) is 0 Å². The molecule has 0 bridgehead atoms. The Morgan fingerprint density at radius 1 is 1.25 bits per heavy atom. The molecule has 0 saturated carbocycles. The monoisotopic (exact) mass is 411 g/mol. The van der Waals surface area contributed by atoms with Gasteiger partial charge in [0.2, 0.25) is 0 Å². The minimum absolute atomic E-state index is 0.142. The number of hydrogen-bond donors (Lipinski definition) is 2. The van der Waals surface area contributed by atoms with Gasteiger partial charge in [-0.2, -0.15) is 0 Å². The molecule has 1 aliphatic rings. The lowest BCUT2D eigenvalue weighted by Gasteiger charge is -2.19. The van der Waals surface area contributed by atoms with Crippen molar-refractivity contribution in [3.05, 3.63) is 69.7 Å². The molecule has 0 spiro atoms. The Morgan fingerprint density at radius 3 is 2.79 bits per heavy atom. The molecule has 2 aromatic carbocycles. The van der Waals surface area contributed by atoms with Crippen LogP contribution in [0.4, 0.5) is 5.69 Å². The van der Waals surface area contributed by atoms with Gasteiger partial charge >= 0.3 is 0 Å². The Balaban J connectivity index is 1.61. The largest absolute Gasteiger partial charge is 0.510 e. The number of ether oxygens (including phenoxy) is 1. The van der Waals surface area contributed by atoms with E-state index in [-0.39, 0.29) is 18.1 Å². The Kier molecular flexibility index (Phi) is 5.07. The molecular weight excluding hydrogens is 394 g/mol. The highest BCUT2D eigenvalue weighted by Gasteiger charge is 2.31. The highest BCUT2D eigenvalue weighted by atomic mass is 35.5. The molecule has 0 amide bonds. The molecule has 0 radical (unpaired) electrons. The van der Waals surface area contributed by atoms with E-state index in [9.17, 15) is 5.11 Å². The van der Waals surface area contributed by atoms with Crippen molar-refractivity contribution >= 4 is 40.0 Å². The highest BCUT2D eigenvalue weighted by Crippen LogP contribution is 2.35. The number of thiazole rings is 1. The maximum atomic E-state index is 10.5. The van der Waals surface area contributed by atoms with Crippen LogP contribution in [0.1, 0.15) is 11.9 Å². The Bertz CT molecular complexity index is 1060. The summed E-state index contributed by atoms with van der Waals surface area (Å²) in [5.74, 6) is 1.10. The molecule has 3 aromatic rings. The first kappa shape index (κ1) is 18.5. The van der Waals surface area contributed by atoms with E-state index in [0.29, 0.717) is 22.2 Å². The van der Waals surface area contributed by atoms with E-state index in [1.54, 1.807) is 4.90 Å². The second-order valence-electron chi connectivity index (χ2n) is 6.23. The number of amidine groups is 1. The second kappa shape index (κ2) is 7.66. The van der Waals surface area contributed by atoms with Crippen LogP contribution in [0.2, 0.25) is 5.02 Å². The summed E-state index contributed by atoms with van der Waals surface area (Å²) in [7, 11) is 0. The second-order valence-corrected chi connectivity index (χ2v) is 7.53. The van der Waals surface area contributed by atoms with Crippen LogP contribution in [0.3, 0.4) is 0 Å². The summed E-state index contributed by atoms with van der Waals surface area (Å²) in [4.78, 5) is 6.38. The normalized spacial score (nSPS) is 14.1. The van der Waals surface area contributed by atoms with Gasteiger partial charge in [-0.15, -0.1) is 11.3 Å². The van der Waals surface area contributed by atoms with E-state index in [1.807, 2.05) is 60.8 Å². The summed E-state index contributed by atoms with van der Waals surface area (Å²) in [6.07, 6.45) is 0. The molecule has 2 N–H and O–H groups in total. The summed E-state index contributed by atoms with van der Waals surface area (Å²) < 4.78 is 5.55. The lowest BCUT2D eigenvalue weighted by Crippen LogP contribution is -2.26. The van der Waals surface area contributed by atoms with Crippen LogP contribution in [-0.4, -0.2) is 29.1 Å². The fraction of sp³-hybridized carbons (Fsp3) is 0.143. The zero-order valence-corrected chi connectivity index (χ0v) is 16.7. The average molecular weight is 412 g/mol. The van der Waals surface area contributed by atoms with Gasteiger partial charge in [-0.3, -0.25) is 5.41 Å². The van der Waals surface area contributed by atoms with Crippen LogP contribution in [0, 0.1) is 5.41 Å². The molecule has 4 rings (SSSR count). The van der Waals surface area contributed by atoms with E-state index in [0.717, 1.165) is 22.7 Å². The summed E-state index contributed by atoms with van der Waals surface area (Å²) in [6.45, 7) is 2.73. The van der Waals surface area contributed by atoms with Crippen LogP contribution in [0.25, 0.3) is 16.8 Å². The molecule has 2 heterocycles. The summed E-state index contributed by atoms with van der Waals surface area (Å²) >= 11 is 7.36. The van der Waals surface area contributed by atoms with Crippen LogP contribution < -0.4 is 9.64 Å². The number of benzene rings is 2. The van der Waals surface area contributed by atoms with Crippen molar-refractivity contribution in [2.45, 2.75) is 6.92 Å². The van der Waals surface area contributed by atoms with E-state index in [1.165, 1.54) is 11.3 Å². The number of aromatic nitrogens is 1. The molecule has 1 aromatic heterocycles. The van der Waals surface area contributed by atoms with Crippen LogP contribution >= 0.6 is 22.9 Å². The van der Waals surface area contributed by atoms with Crippen molar-refractivity contribution in [2.24, 2.45) is 0 Å². The van der Waals surface area contributed by atoms with Crippen LogP contribution in [0.5, 0.6) is 5.75 Å². The third-order valence-electron chi connectivity index (χ3n) is 4.40. The Labute approximate surface area is 172 Å². The molecule has 0 atom stereocenters. The average Bonchev–Trinajstić information content (AvgIpc) is 3.27. The van der Waals surface area contributed by atoms with Gasteiger partial charge < -0.3 is 14.7 Å². The third kappa shape index (κ3) is 3.48. The van der Waals surface area contributed by atoms with E-state index in [4.69, 9.17) is 21.7 Å². The van der Waals surface area contributed by atoms with Crippen molar-refractivity contribution in [2.75, 3.05) is 18.1 Å². The predicted octanol–water partition coefficient (Wildman–Crippen LogP) is 5.63. The molecule has 28 heavy (non-hydrogen) atoms. The minimum atomic E-state index is 0.142. The topological polar surface area (TPSA) is 69.4 Å². The van der Waals surface area contributed by atoms with Gasteiger partial charge in [-0.1, -0.05) is 29.8 Å². The van der Waals surface area contributed by atoms with Gasteiger partial charge in [0.25, 0.3) is 0 Å². The Hall–Kier alpha value is -2.83. The minimum Gasteiger partial charge on any atom is -0.510 e. The Morgan fingerprint density at radius 2 is 2.04 bits per heavy atom. The van der Waals surface area contributed by atoms with Crippen molar-refractivity contribution in [1.29, 1.82) is 5.41 Å². The van der Waals surface area contributed by atoms with Crippen molar-refractivity contribution in [3.8, 4) is 17.0 Å².